The van der Waals surface area contributed by atoms with Crippen LogP contribution in [0.5, 0.6) is 0 Å². The number of carbonyl (C=O) groups is 1. The summed E-state index contributed by atoms with van der Waals surface area (Å²) < 4.78 is 6.57. The number of thiazole rings is 1. The zero-order valence-electron chi connectivity index (χ0n) is 16.8. The van der Waals surface area contributed by atoms with Crippen molar-refractivity contribution in [3.8, 4) is 0 Å². The van der Waals surface area contributed by atoms with Crippen LogP contribution in [0.25, 0.3) is 10.2 Å². The highest BCUT2D eigenvalue weighted by Crippen LogP contribution is 2.32. The minimum Gasteiger partial charge on any atom is -0.379 e. The maximum Gasteiger partial charge on any atom is 0.261 e. The van der Waals surface area contributed by atoms with Gasteiger partial charge in [-0.15, -0.1) is 11.8 Å². The molecule has 1 aromatic heterocycles. The number of thioether (sulfide) groups is 1. The van der Waals surface area contributed by atoms with E-state index in [9.17, 15) is 4.79 Å². The van der Waals surface area contributed by atoms with Crippen molar-refractivity contribution in [1.29, 1.82) is 0 Å². The molecule has 152 valence electrons. The molecule has 0 radical (unpaired) electrons. The van der Waals surface area contributed by atoms with Gasteiger partial charge in [-0.25, -0.2) is 4.98 Å². The molecule has 0 spiro atoms. The van der Waals surface area contributed by atoms with Crippen molar-refractivity contribution in [3.63, 3.8) is 0 Å². The lowest BCUT2D eigenvalue weighted by Crippen LogP contribution is -2.43. The molecule has 1 aliphatic rings. The van der Waals surface area contributed by atoms with E-state index in [0.717, 1.165) is 64.2 Å². The number of amides is 1. The summed E-state index contributed by atoms with van der Waals surface area (Å²) in [7, 11) is 0. The molecule has 2 heterocycles. The summed E-state index contributed by atoms with van der Waals surface area (Å²) in [6, 6.07) is 14.0. The summed E-state index contributed by atoms with van der Waals surface area (Å²) in [5, 5.41) is 0.767. The van der Waals surface area contributed by atoms with Crippen LogP contribution in [-0.4, -0.2) is 61.4 Å². The molecule has 1 saturated heterocycles. The lowest BCUT2D eigenvalue weighted by Gasteiger charge is -2.29. The molecule has 3 aromatic rings. The first-order valence-corrected chi connectivity index (χ1v) is 11.8. The first-order chi connectivity index (χ1) is 14.2. The molecule has 0 saturated carbocycles. The Hall–Kier alpha value is -1.93. The second-order valence-corrected chi connectivity index (χ2v) is 8.89. The van der Waals surface area contributed by atoms with Gasteiger partial charge in [0.1, 0.15) is 0 Å². The number of carbonyl (C=O) groups excluding carboxylic acids is 1. The van der Waals surface area contributed by atoms with E-state index in [2.05, 4.69) is 24.0 Å². The van der Waals surface area contributed by atoms with Crippen molar-refractivity contribution in [3.05, 3.63) is 53.6 Å². The van der Waals surface area contributed by atoms with Gasteiger partial charge in [0.15, 0.2) is 5.13 Å². The van der Waals surface area contributed by atoms with Gasteiger partial charge in [-0.1, -0.05) is 35.6 Å². The number of nitrogens with zero attached hydrogens (tertiary/aromatic N) is 3. The highest BCUT2D eigenvalue weighted by molar-refractivity contribution is 7.98. The summed E-state index contributed by atoms with van der Waals surface area (Å²) in [6.07, 6.45) is 2.01. The van der Waals surface area contributed by atoms with E-state index in [0.29, 0.717) is 6.54 Å². The molecule has 0 atom stereocenters. The normalized spacial score (nSPS) is 15.0. The van der Waals surface area contributed by atoms with Crippen molar-refractivity contribution in [2.75, 3.05) is 50.5 Å². The molecule has 1 aliphatic heterocycles. The first kappa shape index (κ1) is 20.3. The third-order valence-corrected chi connectivity index (χ3v) is 7.01. The van der Waals surface area contributed by atoms with Crippen LogP contribution in [0.3, 0.4) is 0 Å². The number of anilines is 1. The van der Waals surface area contributed by atoms with Gasteiger partial charge in [0.2, 0.25) is 0 Å². The molecule has 0 aliphatic carbocycles. The number of aromatic nitrogens is 1. The predicted molar refractivity (Wildman–Crippen MR) is 122 cm³/mol. The molecule has 4 rings (SSSR count). The van der Waals surface area contributed by atoms with E-state index in [1.807, 2.05) is 41.5 Å². The Kier molecular flexibility index (Phi) is 6.50. The average molecular weight is 428 g/mol. The van der Waals surface area contributed by atoms with Crippen LogP contribution >= 0.6 is 23.1 Å². The van der Waals surface area contributed by atoms with Gasteiger partial charge in [-0.05, 0) is 36.9 Å². The molecule has 29 heavy (non-hydrogen) atoms. The Bertz CT molecular complexity index is 999. The molecule has 0 N–H and O–H groups in total. The fraction of sp³-hybridized carbons (Fsp3) is 0.364. The lowest BCUT2D eigenvalue weighted by molar-refractivity contribution is 0.0391. The largest absolute Gasteiger partial charge is 0.379 e. The van der Waals surface area contributed by atoms with Crippen LogP contribution in [0.2, 0.25) is 0 Å². The predicted octanol–water partition coefficient (Wildman–Crippen LogP) is 4.31. The van der Waals surface area contributed by atoms with E-state index in [1.165, 1.54) is 0 Å². The van der Waals surface area contributed by atoms with Crippen molar-refractivity contribution >= 4 is 44.4 Å². The quantitative estimate of drug-likeness (QED) is 0.549. The van der Waals surface area contributed by atoms with Crippen molar-refractivity contribution in [2.24, 2.45) is 0 Å². The maximum absolute atomic E-state index is 13.6. The third-order valence-electron chi connectivity index (χ3n) is 5.17. The number of aryl methyl sites for hydroxylation is 1. The number of hydrogen-bond acceptors (Lipinski definition) is 6. The Morgan fingerprint density at radius 3 is 2.76 bits per heavy atom. The fourth-order valence-electron chi connectivity index (χ4n) is 3.51. The number of morpholine rings is 1. The standard InChI is InChI=1S/C22H25N3O2S2/c1-16-6-5-9-19-20(16)23-22(29-19)25(11-10-24-12-14-27-15-13-24)21(26)17-7-3-4-8-18(17)28-2/h3-9H,10-15H2,1-2H3. The van der Waals surface area contributed by atoms with Crippen LogP contribution in [0.4, 0.5) is 5.13 Å². The molecule has 0 bridgehead atoms. The van der Waals surface area contributed by atoms with Crippen molar-refractivity contribution in [2.45, 2.75) is 11.8 Å². The minimum absolute atomic E-state index is 0.0138. The molecular weight excluding hydrogens is 402 g/mol. The van der Waals surface area contributed by atoms with Gasteiger partial charge < -0.3 is 4.74 Å². The molecule has 2 aromatic carbocycles. The van der Waals surface area contributed by atoms with E-state index >= 15 is 0 Å². The summed E-state index contributed by atoms with van der Waals surface area (Å²) >= 11 is 3.19. The third kappa shape index (κ3) is 4.48. The average Bonchev–Trinajstić information content (AvgIpc) is 3.20. The van der Waals surface area contributed by atoms with Crippen LogP contribution in [-0.2, 0) is 4.74 Å². The van der Waals surface area contributed by atoms with Gasteiger partial charge in [0.05, 0.1) is 29.0 Å². The first-order valence-electron chi connectivity index (χ1n) is 9.78. The zero-order chi connectivity index (χ0) is 20.2. The summed E-state index contributed by atoms with van der Waals surface area (Å²) in [4.78, 5) is 23.6. The smallest absolute Gasteiger partial charge is 0.261 e. The van der Waals surface area contributed by atoms with Gasteiger partial charge in [-0.2, -0.15) is 0 Å². The zero-order valence-corrected chi connectivity index (χ0v) is 18.4. The van der Waals surface area contributed by atoms with Crippen LogP contribution in [0.15, 0.2) is 47.4 Å². The Balaban J connectivity index is 1.67. The van der Waals surface area contributed by atoms with E-state index in [-0.39, 0.29) is 5.91 Å². The summed E-state index contributed by atoms with van der Waals surface area (Å²) in [5.74, 6) is 0.0138. The Morgan fingerprint density at radius 1 is 1.21 bits per heavy atom. The van der Waals surface area contributed by atoms with Crippen LogP contribution < -0.4 is 4.90 Å². The lowest BCUT2D eigenvalue weighted by atomic mass is 10.2. The maximum atomic E-state index is 13.6. The van der Waals surface area contributed by atoms with Crippen molar-refractivity contribution < 1.29 is 9.53 Å². The van der Waals surface area contributed by atoms with Crippen LogP contribution in [0.1, 0.15) is 15.9 Å². The molecule has 5 nitrogen and oxygen atoms in total. The monoisotopic (exact) mass is 427 g/mol. The second-order valence-electron chi connectivity index (χ2n) is 7.03. The number of rotatable bonds is 6. The highest BCUT2D eigenvalue weighted by atomic mass is 32.2. The van der Waals surface area contributed by atoms with Crippen LogP contribution in [0, 0.1) is 6.92 Å². The molecule has 0 unspecified atom stereocenters. The van der Waals surface area contributed by atoms with Gasteiger partial charge in [0.25, 0.3) is 5.91 Å². The molecule has 7 heteroatoms. The number of fused-ring (bicyclic) bond motifs is 1. The van der Waals surface area contributed by atoms with Gasteiger partial charge >= 0.3 is 0 Å². The molecule has 1 fully saturated rings. The van der Waals surface area contributed by atoms with E-state index in [4.69, 9.17) is 9.72 Å². The second kappa shape index (κ2) is 9.26. The minimum atomic E-state index is 0.0138. The molecule has 1 amide bonds. The fourth-order valence-corrected chi connectivity index (χ4v) is 5.16. The van der Waals surface area contributed by atoms with Gasteiger partial charge in [0, 0.05) is 31.1 Å². The van der Waals surface area contributed by atoms with Crippen molar-refractivity contribution in [1.82, 2.24) is 9.88 Å². The summed E-state index contributed by atoms with van der Waals surface area (Å²) in [6.45, 7) is 6.80. The SMILES string of the molecule is CSc1ccccc1C(=O)N(CCN1CCOCC1)c1nc2c(C)cccc2s1. The number of benzene rings is 2. The number of ether oxygens (including phenoxy) is 1. The van der Waals surface area contributed by atoms with E-state index in [1.54, 1.807) is 23.1 Å². The number of para-hydroxylation sites is 1. The highest BCUT2D eigenvalue weighted by Gasteiger charge is 2.24. The topological polar surface area (TPSA) is 45.7 Å². The summed E-state index contributed by atoms with van der Waals surface area (Å²) in [5.41, 5.74) is 2.85. The number of hydrogen-bond donors (Lipinski definition) is 0. The Morgan fingerprint density at radius 2 is 2.00 bits per heavy atom. The van der Waals surface area contributed by atoms with Gasteiger partial charge in [-0.3, -0.25) is 14.6 Å². The van der Waals surface area contributed by atoms with E-state index < -0.39 is 0 Å². The Labute approximate surface area is 179 Å². The molecular formula is C22H25N3O2S2.